The number of hydrogen-bond acceptors (Lipinski definition) is 2. The zero-order chi connectivity index (χ0) is 13.4. The van der Waals surface area contributed by atoms with E-state index in [2.05, 4.69) is 10.2 Å². The second-order valence-electron chi connectivity index (χ2n) is 4.41. The maximum Gasteiger partial charge on any atom is 0.272 e. The molecular weight excluding hydrogens is 243 g/mol. The lowest BCUT2D eigenvalue weighted by molar-refractivity contribution is 0.618. The Balaban J connectivity index is 2.34. The number of aromatic amines is 1. The van der Waals surface area contributed by atoms with Crippen LogP contribution in [0.5, 0.6) is 0 Å². The van der Waals surface area contributed by atoms with Crippen molar-refractivity contribution in [1.29, 1.82) is 0 Å². The Labute approximate surface area is 108 Å². The molecule has 2 aromatic carbocycles. The van der Waals surface area contributed by atoms with Crippen LogP contribution in [0.3, 0.4) is 0 Å². The lowest BCUT2D eigenvalue weighted by atomic mass is 10.0. The number of aryl methyl sites for hydroxylation is 1. The monoisotopic (exact) mass is 254 g/mol. The molecule has 1 N–H and O–H groups in total. The molecular formula is C15H11FN2O. The fraction of sp³-hybridized carbons (Fsp3) is 0.0667. The number of benzene rings is 2. The molecule has 19 heavy (non-hydrogen) atoms. The largest absolute Gasteiger partial charge is 0.272 e. The van der Waals surface area contributed by atoms with Gasteiger partial charge in [-0.05, 0) is 36.8 Å². The molecule has 0 saturated heterocycles. The van der Waals surface area contributed by atoms with Crippen LogP contribution >= 0.6 is 0 Å². The molecule has 0 spiro atoms. The van der Waals surface area contributed by atoms with Crippen molar-refractivity contribution in [3.63, 3.8) is 0 Å². The van der Waals surface area contributed by atoms with Crippen LogP contribution < -0.4 is 5.56 Å². The number of fused-ring (bicyclic) bond motifs is 1. The third-order valence-corrected chi connectivity index (χ3v) is 3.13. The average Bonchev–Trinajstić information content (AvgIpc) is 2.43. The summed E-state index contributed by atoms with van der Waals surface area (Å²) >= 11 is 0. The van der Waals surface area contributed by atoms with Crippen LogP contribution in [0.1, 0.15) is 5.56 Å². The molecule has 3 rings (SSSR count). The zero-order valence-corrected chi connectivity index (χ0v) is 10.3. The van der Waals surface area contributed by atoms with Gasteiger partial charge in [0.25, 0.3) is 5.56 Å². The van der Waals surface area contributed by atoms with Gasteiger partial charge in [0.05, 0.1) is 11.1 Å². The quantitative estimate of drug-likeness (QED) is 0.725. The topological polar surface area (TPSA) is 45.8 Å². The minimum atomic E-state index is -0.252. The number of nitrogens with one attached hydrogen (secondary N) is 1. The molecule has 1 heterocycles. The lowest BCUT2D eigenvalue weighted by Gasteiger charge is -2.06. The molecule has 0 unspecified atom stereocenters. The minimum absolute atomic E-state index is 0.224. The molecule has 0 saturated carbocycles. The smallest absolute Gasteiger partial charge is 0.267 e. The third kappa shape index (κ3) is 1.91. The number of nitrogens with zero attached hydrogens (tertiary/aromatic N) is 1. The maximum absolute atomic E-state index is 13.3. The molecule has 3 nitrogen and oxygen atoms in total. The summed E-state index contributed by atoms with van der Waals surface area (Å²) in [5.41, 5.74) is 1.76. The predicted molar refractivity (Wildman–Crippen MR) is 72.5 cm³/mol. The van der Waals surface area contributed by atoms with Gasteiger partial charge >= 0.3 is 0 Å². The molecule has 0 radical (unpaired) electrons. The van der Waals surface area contributed by atoms with Crippen LogP contribution in [0.4, 0.5) is 4.39 Å². The predicted octanol–water partition coefficient (Wildman–Crippen LogP) is 3.04. The van der Waals surface area contributed by atoms with Crippen LogP contribution in [0, 0.1) is 12.7 Å². The summed E-state index contributed by atoms with van der Waals surface area (Å²) in [4.78, 5) is 11.7. The summed E-state index contributed by atoms with van der Waals surface area (Å²) in [7, 11) is 0. The summed E-state index contributed by atoms with van der Waals surface area (Å²) < 4.78 is 13.3. The highest BCUT2D eigenvalue weighted by Crippen LogP contribution is 2.25. The zero-order valence-electron chi connectivity index (χ0n) is 10.3. The number of H-pyrrole nitrogens is 1. The van der Waals surface area contributed by atoms with Crippen molar-refractivity contribution in [2.24, 2.45) is 0 Å². The Hall–Kier alpha value is -2.49. The van der Waals surface area contributed by atoms with Crippen molar-refractivity contribution in [2.45, 2.75) is 6.92 Å². The highest BCUT2D eigenvalue weighted by molar-refractivity contribution is 5.93. The Morgan fingerprint density at radius 2 is 1.84 bits per heavy atom. The van der Waals surface area contributed by atoms with Crippen LogP contribution in [0.15, 0.2) is 47.3 Å². The highest BCUT2D eigenvalue weighted by Gasteiger charge is 2.09. The lowest BCUT2D eigenvalue weighted by Crippen LogP contribution is -2.09. The third-order valence-electron chi connectivity index (χ3n) is 3.13. The van der Waals surface area contributed by atoms with Crippen molar-refractivity contribution in [1.82, 2.24) is 10.2 Å². The maximum atomic E-state index is 13.3. The molecule has 0 fully saturated rings. The first-order valence-corrected chi connectivity index (χ1v) is 5.91. The van der Waals surface area contributed by atoms with Crippen molar-refractivity contribution in [3.05, 3.63) is 64.2 Å². The van der Waals surface area contributed by atoms with Gasteiger partial charge in [-0.2, -0.15) is 5.10 Å². The summed E-state index contributed by atoms with van der Waals surface area (Å²) in [6.07, 6.45) is 0. The molecule has 0 bridgehead atoms. The highest BCUT2D eigenvalue weighted by atomic mass is 19.1. The first-order chi connectivity index (χ1) is 9.16. The van der Waals surface area contributed by atoms with Crippen LogP contribution in [0.2, 0.25) is 0 Å². The normalized spacial score (nSPS) is 10.8. The van der Waals surface area contributed by atoms with Gasteiger partial charge in [0, 0.05) is 10.9 Å². The van der Waals surface area contributed by atoms with Gasteiger partial charge in [0.1, 0.15) is 5.82 Å². The van der Waals surface area contributed by atoms with Crippen LogP contribution in [-0.4, -0.2) is 10.2 Å². The molecule has 0 atom stereocenters. The van der Waals surface area contributed by atoms with E-state index in [1.54, 1.807) is 31.2 Å². The van der Waals surface area contributed by atoms with E-state index in [1.807, 2.05) is 12.1 Å². The van der Waals surface area contributed by atoms with Crippen molar-refractivity contribution in [3.8, 4) is 11.3 Å². The standard InChI is InChI=1S/C15H11FN2O/c1-9-8-10(6-7-13(9)16)14-11-4-2-3-5-12(11)15(19)18-17-14/h2-8H,1H3,(H,18,19). The number of hydrogen-bond donors (Lipinski definition) is 1. The molecule has 94 valence electrons. The van der Waals surface area contributed by atoms with Crippen molar-refractivity contribution >= 4 is 10.8 Å². The van der Waals surface area contributed by atoms with Gasteiger partial charge in [0.2, 0.25) is 0 Å². The van der Waals surface area contributed by atoms with E-state index in [1.165, 1.54) is 6.07 Å². The second-order valence-corrected chi connectivity index (χ2v) is 4.41. The van der Waals surface area contributed by atoms with Gasteiger partial charge in [-0.15, -0.1) is 0 Å². The van der Waals surface area contributed by atoms with Gasteiger partial charge in [-0.25, -0.2) is 9.49 Å². The van der Waals surface area contributed by atoms with Crippen molar-refractivity contribution in [2.75, 3.05) is 0 Å². The average molecular weight is 254 g/mol. The molecule has 4 heteroatoms. The number of aromatic nitrogens is 2. The van der Waals surface area contributed by atoms with Gasteiger partial charge in [-0.3, -0.25) is 4.79 Å². The molecule has 3 aromatic rings. The Kier molecular flexibility index (Phi) is 2.63. The first kappa shape index (κ1) is 11.6. The van der Waals surface area contributed by atoms with E-state index in [4.69, 9.17) is 0 Å². The molecule has 0 aliphatic carbocycles. The van der Waals surface area contributed by atoms with Gasteiger partial charge in [0.15, 0.2) is 0 Å². The number of halogens is 1. The molecule has 0 amide bonds. The van der Waals surface area contributed by atoms with E-state index in [-0.39, 0.29) is 11.4 Å². The van der Waals surface area contributed by atoms with Crippen molar-refractivity contribution < 1.29 is 4.39 Å². The number of rotatable bonds is 1. The minimum Gasteiger partial charge on any atom is -0.267 e. The fourth-order valence-corrected chi connectivity index (χ4v) is 2.13. The summed E-state index contributed by atoms with van der Waals surface area (Å²) in [5.74, 6) is -0.252. The summed E-state index contributed by atoms with van der Waals surface area (Å²) in [6, 6.07) is 12.0. The summed E-state index contributed by atoms with van der Waals surface area (Å²) in [5, 5.41) is 7.90. The molecule has 1 aromatic heterocycles. The second kappa shape index (κ2) is 4.31. The SMILES string of the molecule is Cc1cc(-c2n[nH]c(=O)c3ccccc23)ccc1F. The van der Waals surface area contributed by atoms with Gasteiger partial charge < -0.3 is 0 Å². The Morgan fingerprint density at radius 3 is 2.58 bits per heavy atom. The Morgan fingerprint density at radius 1 is 1.11 bits per heavy atom. The van der Waals surface area contributed by atoms with E-state index >= 15 is 0 Å². The van der Waals surface area contributed by atoms with Gasteiger partial charge in [-0.1, -0.05) is 18.2 Å². The molecule has 0 aliphatic heterocycles. The summed E-state index contributed by atoms with van der Waals surface area (Å²) in [6.45, 7) is 1.70. The van der Waals surface area contributed by atoms with E-state index in [0.29, 0.717) is 16.6 Å². The fourth-order valence-electron chi connectivity index (χ4n) is 2.13. The van der Waals surface area contributed by atoms with E-state index in [0.717, 1.165) is 10.9 Å². The molecule has 0 aliphatic rings. The van der Waals surface area contributed by atoms with E-state index < -0.39 is 0 Å². The van der Waals surface area contributed by atoms with E-state index in [9.17, 15) is 9.18 Å². The first-order valence-electron chi connectivity index (χ1n) is 5.91. The Bertz CT molecular complexity index is 824. The van der Waals surface area contributed by atoms with Crippen LogP contribution in [0.25, 0.3) is 22.0 Å². The van der Waals surface area contributed by atoms with Crippen LogP contribution in [-0.2, 0) is 0 Å².